The van der Waals surface area contributed by atoms with E-state index in [0.717, 1.165) is 11.1 Å². The second-order valence-corrected chi connectivity index (χ2v) is 5.90. The second-order valence-electron chi connectivity index (χ2n) is 5.46. The molecule has 0 aliphatic carbocycles. The van der Waals surface area contributed by atoms with E-state index in [1.807, 2.05) is 50.2 Å². The summed E-state index contributed by atoms with van der Waals surface area (Å²) in [5.41, 5.74) is 1.81. The van der Waals surface area contributed by atoms with E-state index in [1.54, 1.807) is 19.3 Å². The molecule has 2 rings (SSSR count). The van der Waals surface area contributed by atoms with Crippen LogP contribution in [-0.4, -0.2) is 19.6 Å². The van der Waals surface area contributed by atoms with Gasteiger partial charge in [0, 0.05) is 11.1 Å². The maximum absolute atomic E-state index is 12.1. The van der Waals surface area contributed by atoms with Crippen molar-refractivity contribution in [2.24, 2.45) is 0 Å². The van der Waals surface area contributed by atoms with Gasteiger partial charge in [-0.25, -0.2) is 0 Å². The van der Waals surface area contributed by atoms with Gasteiger partial charge in [0.05, 0.1) is 19.8 Å². The van der Waals surface area contributed by atoms with Crippen LogP contribution in [0.2, 0.25) is 5.02 Å². The second kappa shape index (κ2) is 9.14. The molecule has 0 aromatic heterocycles. The lowest BCUT2D eigenvalue weighted by Gasteiger charge is -2.13. The SMILES string of the molecule is CCOc1cc(/C=C/C(=O)NC(C)c2cccc(Cl)c2)ccc1OC. The van der Waals surface area contributed by atoms with Gasteiger partial charge >= 0.3 is 0 Å². The number of hydrogen-bond acceptors (Lipinski definition) is 3. The van der Waals surface area contributed by atoms with Crippen molar-refractivity contribution in [3.63, 3.8) is 0 Å². The Hall–Kier alpha value is -2.46. The van der Waals surface area contributed by atoms with Crippen LogP contribution in [0.4, 0.5) is 0 Å². The Morgan fingerprint density at radius 1 is 1.24 bits per heavy atom. The van der Waals surface area contributed by atoms with Gasteiger partial charge in [-0.1, -0.05) is 29.8 Å². The largest absolute Gasteiger partial charge is 0.493 e. The van der Waals surface area contributed by atoms with Crippen LogP contribution in [0.1, 0.15) is 31.0 Å². The molecule has 1 atom stereocenters. The minimum absolute atomic E-state index is 0.134. The van der Waals surface area contributed by atoms with Gasteiger partial charge in [-0.3, -0.25) is 4.79 Å². The lowest BCUT2D eigenvalue weighted by atomic mass is 10.1. The average molecular weight is 360 g/mol. The normalized spacial score (nSPS) is 12.0. The molecule has 2 aromatic carbocycles. The Bertz CT molecular complexity index is 758. The Balaban J connectivity index is 2.03. The molecule has 132 valence electrons. The predicted molar refractivity (Wildman–Crippen MR) is 101 cm³/mol. The topological polar surface area (TPSA) is 47.6 Å². The van der Waals surface area contributed by atoms with Crippen molar-refractivity contribution in [2.75, 3.05) is 13.7 Å². The van der Waals surface area contributed by atoms with Gasteiger partial charge in [-0.15, -0.1) is 0 Å². The molecule has 2 aromatic rings. The Morgan fingerprint density at radius 2 is 2.04 bits per heavy atom. The fraction of sp³-hybridized carbons (Fsp3) is 0.250. The molecule has 0 heterocycles. The third-order valence-corrected chi connectivity index (χ3v) is 3.86. The van der Waals surface area contributed by atoms with Crippen molar-refractivity contribution < 1.29 is 14.3 Å². The number of amides is 1. The van der Waals surface area contributed by atoms with Crippen LogP contribution in [0.3, 0.4) is 0 Å². The van der Waals surface area contributed by atoms with Crippen molar-refractivity contribution in [1.82, 2.24) is 5.32 Å². The quantitative estimate of drug-likeness (QED) is 0.733. The first-order chi connectivity index (χ1) is 12.0. The molecular formula is C20H22ClNO3. The summed E-state index contributed by atoms with van der Waals surface area (Å²) in [5.74, 6) is 1.14. The molecule has 5 heteroatoms. The summed E-state index contributed by atoms with van der Waals surface area (Å²) in [6.07, 6.45) is 3.24. The van der Waals surface area contributed by atoms with Gasteiger partial charge in [0.15, 0.2) is 11.5 Å². The number of benzene rings is 2. The summed E-state index contributed by atoms with van der Waals surface area (Å²) < 4.78 is 10.8. The van der Waals surface area contributed by atoms with E-state index >= 15 is 0 Å². The third kappa shape index (κ3) is 5.54. The molecule has 1 N–H and O–H groups in total. The number of nitrogens with one attached hydrogen (secondary N) is 1. The van der Waals surface area contributed by atoms with Gasteiger partial charge in [-0.05, 0) is 55.3 Å². The van der Waals surface area contributed by atoms with Crippen molar-refractivity contribution in [1.29, 1.82) is 0 Å². The summed E-state index contributed by atoms with van der Waals surface area (Å²) in [7, 11) is 1.60. The number of ether oxygens (including phenoxy) is 2. The van der Waals surface area contributed by atoms with Crippen LogP contribution in [0.15, 0.2) is 48.5 Å². The van der Waals surface area contributed by atoms with Gasteiger partial charge in [0.25, 0.3) is 0 Å². The van der Waals surface area contributed by atoms with Crippen LogP contribution in [0.25, 0.3) is 6.08 Å². The molecule has 0 spiro atoms. The summed E-state index contributed by atoms with van der Waals surface area (Å²) in [6, 6.07) is 12.8. The van der Waals surface area contributed by atoms with E-state index in [4.69, 9.17) is 21.1 Å². The van der Waals surface area contributed by atoms with E-state index in [1.165, 1.54) is 6.08 Å². The molecule has 25 heavy (non-hydrogen) atoms. The number of halogens is 1. The molecule has 0 saturated carbocycles. The molecule has 1 unspecified atom stereocenters. The monoisotopic (exact) mass is 359 g/mol. The first-order valence-corrected chi connectivity index (χ1v) is 8.46. The molecular weight excluding hydrogens is 338 g/mol. The number of carbonyl (C=O) groups excluding carboxylic acids is 1. The van der Waals surface area contributed by atoms with E-state index in [-0.39, 0.29) is 11.9 Å². The smallest absolute Gasteiger partial charge is 0.244 e. The van der Waals surface area contributed by atoms with Gasteiger partial charge in [-0.2, -0.15) is 0 Å². The Morgan fingerprint density at radius 3 is 2.72 bits per heavy atom. The summed E-state index contributed by atoms with van der Waals surface area (Å²) >= 11 is 5.98. The van der Waals surface area contributed by atoms with E-state index in [9.17, 15) is 4.79 Å². The van der Waals surface area contributed by atoms with E-state index in [0.29, 0.717) is 23.1 Å². The zero-order valence-electron chi connectivity index (χ0n) is 14.6. The zero-order valence-corrected chi connectivity index (χ0v) is 15.3. The highest BCUT2D eigenvalue weighted by Crippen LogP contribution is 2.28. The van der Waals surface area contributed by atoms with Crippen LogP contribution in [-0.2, 0) is 4.79 Å². The van der Waals surface area contributed by atoms with Crippen molar-refractivity contribution in [2.45, 2.75) is 19.9 Å². The molecule has 0 fully saturated rings. The fourth-order valence-corrected chi connectivity index (χ4v) is 2.56. The fourth-order valence-electron chi connectivity index (χ4n) is 2.36. The van der Waals surface area contributed by atoms with Crippen LogP contribution in [0.5, 0.6) is 11.5 Å². The number of hydrogen-bond donors (Lipinski definition) is 1. The summed E-state index contributed by atoms with van der Waals surface area (Å²) in [4.78, 5) is 12.1. The number of rotatable bonds is 7. The van der Waals surface area contributed by atoms with E-state index in [2.05, 4.69) is 5.32 Å². The number of methoxy groups -OCH3 is 1. The van der Waals surface area contributed by atoms with Crippen molar-refractivity contribution in [3.8, 4) is 11.5 Å². The molecule has 0 bridgehead atoms. The highest BCUT2D eigenvalue weighted by molar-refractivity contribution is 6.30. The number of carbonyl (C=O) groups is 1. The minimum atomic E-state index is -0.179. The van der Waals surface area contributed by atoms with Gasteiger partial charge in [0.1, 0.15) is 0 Å². The third-order valence-electron chi connectivity index (χ3n) is 3.62. The highest BCUT2D eigenvalue weighted by Gasteiger charge is 2.08. The maximum Gasteiger partial charge on any atom is 0.244 e. The standard InChI is InChI=1S/C20H22ClNO3/c1-4-25-19-12-15(8-10-18(19)24-3)9-11-20(23)22-14(2)16-6-5-7-17(21)13-16/h5-14H,4H2,1-3H3,(H,22,23)/b11-9+. The van der Waals surface area contributed by atoms with Crippen LogP contribution < -0.4 is 14.8 Å². The van der Waals surface area contributed by atoms with Crippen molar-refractivity contribution >= 4 is 23.6 Å². The van der Waals surface area contributed by atoms with Crippen LogP contribution >= 0.6 is 11.6 Å². The predicted octanol–water partition coefficient (Wildman–Crippen LogP) is 4.64. The van der Waals surface area contributed by atoms with Gasteiger partial charge < -0.3 is 14.8 Å². The molecule has 0 saturated heterocycles. The van der Waals surface area contributed by atoms with Crippen LogP contribution in [0, 0.1) is 0 Å². The highest BCUT2D eigenvalue weighted by atomic mass is 35.5. The Labute approximate surface area is 153 Å². The first kappa shape index (κ1) is 18.9. The molecule has 0 radical (unpaired) electrons. The van der Waals surface area contributed by atoms with Gasteiger partial charge in [0.2, 0.25) is 5.91 Å². The molecule has 0 aliphatic rings. The van der Waals surface area contributed by atoms with Crippen molar-refractivity contribution in [3.05, 3.63) is 64.7 Å². The lowest BCUT2D eigenvalue weighted by molar-refractivity contribution is -0.117. The molecule has 1 amide bonds. The first-order valence-electron chi connectivity index (χ1n) is 8.08. The maximum atomic E-state index is 12.1. The minimum Gasteiger partial charge on any atom is -0.493 e. The molecule has 4 nitrogen and oxygen atoms in total. The summed E-state index contributed by atoms with van der Waals surface area (Å²) in [5, 5.41) is 3.56. The summed E-state index contributed by atoms with van der Waals surface area (Å²) in [6.45, 7) is 4.37. The lowest BCUT2D eigenvalue weighted by Crippen LogP contribution is -2.24. The average Bonchev–Trinajstić information content (AvgIpc) is 2.60. The zero-order chi connectivity index (χ0) is 18.2. The molecule has 0 aliphatic heterocycles. The Kier molecular flexibility index (Phi) is 6.90. The van der Waals surface area contributed by atoms with E-state index < -0.39 is 0 Å².